The van der Waals surface area contributed by atoms with Crippen LogP contribution in [-0.2, 0) is 6.54 Å². The van der Waals surface area contributed by atoms with E-state index in [0.29, 0.717) is 17.3 Å². The zero-order chi connectivity index (χ0) is 20.6. The van der Waals surface area contributed by atoms with E-state index in [4.69, 9.17) is 32.7 Å². The molecule has 3 aromatic carbocycles. The Bertz CT molecular complexity index is 1020. The van der Waals surface area contributed by atoms with Gasteiger partial charge in [-0.1, -0.05) is 53.5 Å². The minimum absolute atomic E-state index is 0.217. The van der Waals surface area contributed by atoms with Crippen LogP contribution in [0.2, 0.25) is 10.0 Å². The van der Waals surface area contributed by atoms with Crippen LogP contribution in [-0.4, -0.2) is 19.3 Å². The van der Waals surface area contributed by atoms with E-state index in [1.807, 2.05) is 30.3 Å². The molecular weight excluding hydrogens is 411 g/mol. The minimum Gasteiger partial charge on any atom is -0.493 e. The van der Waals surface area contributed by atoms with Crippen molar-refractivity contribution in [2.45, 2.75) is 6.54 Å². The van der Waals surface area contributed by atoms with Crippen molar-refractivity contribution < 1.29 is 14.3 Å². The monoisotopic (exact) mass is 428 g/mol. The quantitative estimate of drug-likeness (QED) is 0.238. The molecule has 5 nitrogen and oxygen atoms in total. The molecule has 29 heavy (non-hydrogen) atoms. The summed E-state index contributed by atoms with van der Waals surface area (Å²) in [6, 6.07) is 19.6. The maximum Gasteiger partial charge on any atom is 0.345 e. The first-order valence-electron chi connectivity index (χ1n) is 8.72. The molecule has 0 amide bonds. The molecule has 3 rings (SSSR count). The number of carbonyl (C=O) groups is 1. The lowest BCUT2D eigenvalue weighted by Crippen LogP contribution is -2.10. The van der Waals surface area contributed by atoms with Gasteiger partial charge in [0.15, 0.2) is 11.5 Å². The van der Waals surface area contributed by atoms with Gasteiger partial charge in [0.05, 0.1) is 30.5 Å². The predicted octanol–water partition coefficient (Wildman–Crippen LogP) is 5.34. The highest BCUT2D eigenvalue weighted by Gasteiger charge is 2.16. The Labute approximate surface area is 178 Å². The summed E-state index contributed by atoms with van der Waals surface area (Å²) in [5.41, 5.74) is 5.12. The second-order valence-corrected chi connectivity index (χ2v) is 6.85. The standard InChI is InChI=1S/C22H18Cl2N2O3/c1-28-21-11-16(14-26-25-13-15-5-3-2-4-6-15)7-10-20(21)29-22(27)18-9-8-17(23)12-19(18)24/h2-12,14,25H,13H2,1H3. The van der Waals surface area contributed by atoms with Crippen molar-refractivity contribution in [3.8, 4) is 11.5 Å². The summed E-state index contributed by atoms with van der Waals surface area (Å²) in [6.45, 7) is 0.617. The third-order valence-electron chi connectivity index (χ3n) is 3.97. The van der Waals surface area contributed by atoms with E-state index in [2.05, 4.69) is 10.5 Å². The van der Waals surface area contributed by atoms with Crippen LogP contribution < -0.4 is 14.9 Å². The molecule has 0 atom stereocenters. The number of methoxy groups -OCH3 is 1. The molecule has 0 heterocycles. The zero-order valence-corrected chi connectivity index (χ0v) is 17.1. The van der Waals surface area contributed by atoms with E-state index in [9.17, 15) is 4.79 Å². The summed E-state index contributed by atoms with van der Waals surface area (Å²) >= 11 is 11.9. The summed E-state index contributed by atoms with van der Waals surface area (Å²) in [6.07, 6.45) is 1.66. The van der Waals surface area contributed by atoms with Gasteiger partial charge < -0.3 is 14.9 Å². The van der Waals surface area contributed by atoms with E-state index in [1.54, 1.807) is 30.5 Å². The van der Waals surface area contributed by atoms with Gasteiger partial charge in [-0.3, -0.25) is 0 Å². The van der Waals surface area contributed by atoms with Gasteiger partial charge in [-0.2, -0.15) is 5.10 Å². The summed E-state index contributed by atoms with van der Waals surface area (Å²) in [4.78, 5) is 12.4. The van der Waals surface area contributed by atoms with Crippen LogP contribution in [0.5, 0.6) is 11.5 Å². The third kappa shape index (κ3) is 5.73. The van der Waals surface area contributed by atoms with Crippen LogP contribution in [0.4, 0.5) is 0 Å². The fourth-order valence-corrected chi connectivity index (χ4v) is 3.00. The van der Waals surface area contributed by atoms with E-state index in [0.717, 1.165) is 11.1 Å². The first-order chi connectivity index (χ1) is 14.1. The second kappa shape index (κ2) is 9.96. The first kappa shape index (κ1) is 20.7. The Morgan fingerprint density at radius 1 is 1.03 bits per heavy atom. The number of nitrogens with one attached hydrogen (secondary N) is 1. The second-order valence-electron chi connectivity index (χ2n) is 6.00. The van der Waals surface area contributed by atoms with Crippen LogP contribution in [0.3, 0.4) is 0 Å². The van der Waals surface area contributed by atoms with Crippen molar-refractivity contribution in [2.24, 2.45) is 5.10 Å². The van der Waals surface area contributed by atoms with Crippen LogP contribution in [0.1, 0.15) is 21.5 Å². The zero-order valence-electron chi connectivity index (χ0n) is 15.6. The molecular formula is C22H18Cl2N2O3. The van der Waals surface area contributed by atoms with Gasteiger partial charge in [0.1, 0.15) is 0 Å². The highest BCUT2D eigenvalue weighted by atomic mass is 35.5. The molecule has 3 aromatic rings. The van der Waals surface area contributed by atoms with Crippen molar-refractivity contribution in [1.82, 2.24) is 5.43 Å². The van der Waals surface area contributed by atoms with Crippen molar-refractivity contribution in [1.29, 1.82) is 0 Å². The van der Waals surface area contributed by atoms with Gasteiger partial charge in [0.2, 0.25) is 0 Å². The van der Waals surface area contributed by atoms with Crippen LogP contribution in [0.25, 0.3) is 0 Å². The molecule has 0 radical (unpaired) electrons. The topological polar surface area (TPSA) is 59.9 Å². The van der Waals surface area contributed by atoms with E-state index in [-0.39, 0.29) is 16.3 Å². The highest BCUT2D eigenvalue weighted by molar-refractivity contribution is 6.36. The van der Waals surface area contributed by atoms with Gasteiger partial charge >= 0.3 is 5.97 Å². The fourth-order valence-electron chi connectivity index (χ4n) is 2.51. The predicted molar refractivity (Wildman–Crippen MR) is 115 cm³/mol. The van der Waals surface area contributed by atoms with Crippen molar-refractivity contribution in [3.05, 3.63) is 93.5 Å². The van der Waals surface area contributed by atoms with Crippen molar-refractivity contribution in [3.63, 3.8) is 0 Å². The van der Waals surface area contributed by atoms with Gasteiger partial charge in [-0.15, -0.1) is 0 Å². The van der Waals surface area contributed by atoms with Crippen LogP contribution in [0, 0.1) is 0 Å². The van der Waals surface area contributed by atoms with Crippen molar-refractivity contribution in [2.75, 3.05) is 7.11 Å². The number of nitrogens with zero attached hydrogens (tertiary/aromatic N) is 1. The molecule has 0 aliphatic carbocycles. The van der Waals surface area contributed by atoms with E-state index in [1.165, 1.54) is 19.2 Å². The Morgan fingerprint density at radius 2 is 1.83 bits per heavy atom. The lowest BCUT2D eigenvalue weighted by atomic mass is 10.2. The number of hydrogen-bond acceptors (Lipinski definition) is 5. The molecule has 0 unspecified atom stereocenters. The molecule has 0 spiro atoms. The number of benzene rings is 3. The van der Waals surface area contributed by atoms with E-state index >= 15 is 0 Å². The maximum absolute atomic E-state index is 12.4. The Morgan fingerprint density at radius 3 is 2.55 bits per heavy atom. The summed E-state index contributed by atoms with van der Waals surface area (Å²) in [5, 5.41) is 4.86. The normalized spacial score (nSPS) is 10.7. The summed E-state index contributed by atoms with van der Waals surface area (Å²) < 4.78 is 10.8. The molecule has 1 N–H and O–H groups in total. The van der Waals surface area contributed by atoms with Gasteiger partial charge in [-0.05, 0) is 47.5 Å². The lowest BCUT2D eigenvalue weighted by Gasteiger charge is -2.10. The largest absolute Gasteiger partial charge is 0.493 e. The first-order valence-corrected chi connectivity index (χ1v) is 9.47. The Balaban J connectivity index is 1.66. The molecule has 148 valence electrons. The third-order valence-corrected chi connectivity index (χ3v) is 4.52. The average Bonchev–Trinajstić information content (AvgIpc) is 2.72. The molecule has 0 saturated heterocycles. The molecule has 0 aliphatic rings. The number of halogens is 2. The molecule has 0 aliphatic heterocycles. The summed E-state index contributed by atoms with van der Waals surface area (Å²) in [5.74, 6) is 0.0734. The SMILES string of the molecule is COc1cc(C=NNCc2ccccc2)ccc1OC(=O)c1ccc(Cl)cc1Cl. The number of esters is 1. The Kier molecular flexibility index (Phi) is 7.11. The minimum atomic E-state index is -0.601. The lowest BCUT2D eigenvalue weighted by molar-refractivity contribution is 0.0730. The van der Waals surface area contributed by atoms with Crippen LogP contribution in [0.15, 0.2) is 71.8 Å². The number of carbonyl (C=O) groups excluding carboxylic acids is 1. The molecule has 0 aromatic heterocycles. The summed E-state index contributed by atoms with van der Waals surface area (Å²) in [7, 11) is 1.50. The van der Waals surface area contributed by atoms with Gasteiger partial charge in [0, 0.05) is 5.02 Å². The highest BCUT2D eigenvalue weighted by Crippen LogP contribution is 2.29. The number of rotatable bonds is 7. The smallest absolute Gasteiger partial charge is 0.345 e. The fraction of sp³-hybridized carbons (Fsp3) is 0.0909. The molecule has 0 saturated carbocycles. The number of hydrogen-bond donors (Lipinski definition) is 1. The van der Waals surface area contributed by atoms with E-state index < -0.39 is 5.97 Å². The van der Waals surface area contributed by atoms with Crippen LogP contribution >= 0.6 is 23.2 Å². The Hall–Kier alpha value is -3.02. The van der Waals surface area contributed by atoms with Gasteiger partial charge in [0.25, 0.3) is 0 Å². The maximum atomic E-state index is 12.4. The molecule has 0 fully saturated rings. The van der Waals surface area contributed by atoms with Gasteiger partial charge in [-0.25, -0.2) is 4.79 Å². The van der Waals surface area contributed by atoms with Crippen molar-refractivity contribution >= 4 is 35.4 Å². The average molecular weight is 429 g/mol. The molecule has 0 bridgehead atoms. The molecule has 7 heteroatoms. The number of hydrazone groups is 1. The number of ether oxygens (including phenoxy) is 2.